The molecular weight excluding hydrogens is 330 g/mol. The van der Waals surface area contributed by atoms with E-state index >= 15 is 0 Å². The van der Waals surface area contributed by atoms with E-state index in [-0.39, 0.29) is 18.1 Å². The first kappa shape index (κ1) is 17.5. The average molecular weight is 349 g/mol. The molecule has 1 heterocycles. The first-order chi connectivity index (χ1) is 12.6. The highest BCUT2D eigenvalue weighted by atomic mass is 16.5. The summed E-state index contributed by atoms with van der Waals surface area (Å²) in [7, 11) is 0. The van der Waals surface area contributed by atoms with E-state index in [0.29, 0.717) is 11.3 Å². The maximum Gasteiger partial charge on any atom is 0.361 e. The van der Waals surface area contributed by atoms with Crippen molar-refractivity contribution in [2.45, 2.75) is 20.3 Å². The molecule has 0 aliphatic heterocycles. The number of rotatable bonds is 6. The second-order valence-corrected chi connectivity index (χ2v) is 5.81. The van der Waals surface area contributed by atoms with Gasteiger partial charge in [-0.15, -0.1) is 5.10 Å². The first-order valence-electron chi connectivity index (χ1n) is 8.37. The molecule has 0 saturated carbocycles. The van der Waals surface area contributed by atoms with Crippen molar-refractivity contribution in [1.29, 1.82) is 0 Å². The number of aryl methyl sites for hydroxylation is 2. The number of hydrogen-bond acceptors (Lipinski definition) is 5. The summed E-state index contributed by atoms with van der Waals surface area (Å²) < 4.78 is 5.13. The summed E-state index contributed by atoms with van der Waals surface area (Å²) in [6, 6.07) is 16.5. The third-order valence-corrected chi connectivity index (χ3v) is 3.98. The van der Waals surface area contributed by atoms with Crippen molar-refractivity contribution in [3.05, 3.63) is 77.1 Å². The fourth-order valence-electron chi connectivity index (χ4n) is 2.45. The highest BCUT2D eigenvalue weighted by Crippen LogP contribution is 2.10. The lowest BCUT2D eigenvalue weighted by Crippen LogP contribution is -2.15. The van der Waals surface area contributed by atoms with Gasteiger partial charge >= 0.3 is 5.97 Å². The van der Waals surface area contributed by atoms with Gasteiger partial charge in [0.25, 0.3) is 0 Å². The molecule has 26 heavy (non-hydrogen) atoms. The molecule has 3 rings (SSSR count). The van der Waals surface area contributed by atoms with Gasteiger partial charge in [-0.1, -0.05) is 49.4 Å². The molecule has 3 aromatic rings. The van der Waals surface area contributed by atoms with Gasteiger partial charge in [-0.3, -0.25) is 4.79 Å². The summed E-state index contributed by atoms with van der Waals surface area (Å²) in [5, 5.41) is 8.40. The van der Waals surface area contributed by atoms with Crippen molar-refractivity contribution in [2.24, 2.45) is 0 Å². The number of nitrogens with zero attached hydrogens (tertiary/aromatic N) is 3. The molecule has 0 bridgehead atoms. The first-order valence-corrected chi connectivity index (χ1v) is 8.37. The van der Waals surface area contributed by atoms with Crippen LogP contribution in [0.2, 0.25) is 0 Å². The van der Waals surface area contributed by atoms with Crippen LogP contribution in [0.15, 0.2) is 54.6 Å². The Bertz CT molecular complexity index is 915. The number of ketones is 1. The molecule has 0 unspecified atom stereocenters. The Labute approximate surface area is 151 Å². The van der Waals surface area contributed by atoms with E-state index in [1.54, 1.807) is 19.1 Å². The van der Waals surface area contributed by atoms with Gasteiger partial charge in [-0.2, -0.15) is 9.90 Å². The van der Waals surface area contributed by atoms with Crippen LogP contribution in [0.5, 0.6) is 0 Å². The van der Waals surface area contributed by atoms with Crippen LogP contribution in [0.3, 0.4) is 0 Å². The number of esters is 1. The Morgan fingerprint density at radius 3 is 2.35 bits per heavy atom. The van der Waals surface area contributed by atoms with Crippen LogP contribution < -0.4 is 0 Å². The van der Waals surface area contributed by atoms with Gasteiger partial charge in [0, 0.05) is 5.56 Å². The lowest BCUT2D eigenvalue weighted by molar-refractivity contribution is 0.0467. The van der Waals surface area contributed by atoms with E-state index < -0.39 is 5.97 Å². The molecule has 0 atom stereocenters. The van der Waals surface area contributed by atoms with Gasteiger partial charge in [0.15, 0.2) is 18.1 Å². The number of carbonyl (C=O) groups is 2. The Morgan fingerprint density at radius 2 is 1.69 bits per heavy atom. The Hall–Kier alpha value is -3.28. The summed E-state index contributed by atoms with van der Waals surface area (Å²) in [5.74, 6) is -0.919. The predicted molar refractivity (Wildman–Crippen MR) is 96.5 cm³/mol. The van der Waals surface area contributed by atoms with Crippen molar-refractivity contribution >= 4 is 11.8 Å². The number of carbonyl (C=O) groups excluding carboxylic acids is 2. The average Bonchev–Trinajstić information content (AvgIpc) is 3.08. The van der Waals surface area contributed by atoms with Gasteiger partial charge in [-0.05, 0) is 31.0 Å². The Balaban J connectivity index is 1.66. The van der Waals surface area contributed by atoms with Gasteiger partial charge in [-0.25, -0.2) is 4.79 Å². The van der Waals surface area contributed by atoms with Crippen LogP contribution in [0.1, 0.15) is 39.0 Å². The molecule has 6 heteroatoms. The number of benzene rings is 2. The number of aromatic nitrogens is 3. The lowest BCUT2D eigenvalue weighted by Gasteiger charge is -2.04. The van der Waals surface area contributed by atoms with E-state index in [0.717, 1.165) is 17.7 Å². The molecule has 0 aliphatic carbocycles. The van der Waals surface area contributed by atoms with Gasteiger partial charge in [0.1, 0.15) is 0 Å². The Kier molecular flexibility index (Phi) is 5.22. The van der Waals surface area contributed by atoms with E-state index in [4.69, 9.17) is 4.74 Å². The summed E-state index contributed by atoms with van der Waals surface area (Å²) in [6.45, 7) is 3.39. The molecule has 1 aromatic heterocycles. The van der Waals surface area contributed by atoms with Crippen LogP contribution in [0.4, 0.5) is 0 Å². The van der Waals surface area contributed by atoms with Crippen LogP contribution in [0.25, 0.3) is 5.69 Å². The monoisotopic (exact) mass is 349 g/mol. The minimum Gasteiger partial charge on any atom is -0.452 e. The largest absolute Gasteiger partial charge is 0.452 e. The summed E-state index contributed by atoms with van der Waals surface area (Å²) in [6.07, 6.45) is 0.903. The molecule has 0 radical (unpaired) electrons. The quantitative estimate of drug-likeness (QED) is 0.505. The molecule has 2 aromatic carbocycles. The third kappa shape index (κ3) is 3.85. The van der Waals surface area contributed by atoms with Gasteiger partial charge in [0.2, 0.25) is 0 Å². The number of hydrogen-bond donors (Lipinski definition) is 0. The zero-order valence-electron chi connectivity index (χ0n) is 14.7. The minimum absolute atomic E-state index is 0.1000. The SMILES string of the molecule is CCc1ccc(C(=O)COC(=O)c2nn(-c3ccccc3)nc2C)cc1. The van der Waals surface area contributed by atoms with Crippen LogP contribution in [0, 0.1) is 6.92 Å². The van der Waals surface area contributed by atoms with E-state index in [1.807, 2.05) is 49.4 Å². The predicted octanol–water partition coefficient (Wildman–Crippen LogP) is 3.18. The second-order valence-electron chi connectivity index (χ2n) is 5.81. The van der Waals surface area contributed by atoms with Crippen LogP contribution in [-0.4, -0.2) is 33.4 Å². The highest BCUT2D eigenvalue weighted by Gasteiger charge is 2.19. The summed E-state index contributed by atoms with van der Waals surface area (Å²) >= 11 is 0. The van der Waals surface area contributed by atoms with Crippen molar-refractivity contribution in [2.75, 3.05) is 6.61 Å². The molecule has 132 valence electrons. The Morgan fingerprint density at radius 1 is 1.00 bits per heavy atom. The van der Waals surface area contributed by atoms with E-state index in [9.17, 15) is 9.59 Å². The fraction of sp³-hybridized carbons (Fsp3) is 0.200. The zero-order chi connectivity index (χ0) is 18.5. The third-order valence-electron chi connectivity index (χ3n) is 3.98. The maximum atomic E-state index is 12.3. The van der Waals surface area contributed by atoms with E-state index in [2.05, 4.69) is 10.2 Å². The van der Waals surface area contributed by atoms with Crippen molar-refractivity contribution in [1.82, 2.24) is 15.0 Å². The number of ether oxygens (including phenoxy) is 1. The molecule has 0 aliphatic rings. The topological polar surface area (TPSA) is 74.1 Å². The van der Waals surface area contributed by atoms with E-state index in [1.165, 1.54) is 4.80 Å². The minimum atomic E-state index is -0.664. The molecular formula is C20H19N3O3. The number of Topliss-reactive ketones (excluding diaryl/α,β-unsaturated/α-hetero) is 1. The van der Waals surface area contributed by atoms with Crippen molar-refractivity contribution < 1.29 is 14.3 Å². The molecule has 6 nitrogen and oxygen atoms in total. The van der Waals surface area contributed by atoms with Crippen LogP contribution in [-0.2, 0) is 11.2 Å². The highest BCUT2D eigenvalue weighted by molar-refractivity contribution is 5.99. The molecule has 0 spiro atoms. The molecule has 0 saturated heterocycles. The molecule has 0 fully saturated rings. The zero-order valence-corrected chi connectivity index (χ0v) is 14.7. The summed E-state index contributed by atoms with van der Waals surface area (Å²) in [4.78, 5) is 25.8. The second kappa shape index (κ2) is 7.74. The van der Waals surface area contributed by atoms with Crippen molar-refractivity contribution in [3.63, 3.8) is 0 Å². The van der Waals surface area contributed by atoms with Gasteiger partial charge < -0.3 is 4.74 Å². The molecule has 0 amide bonds. The van der Waals surface area contributed by atoms with Gasteiger partial charge in [0.05, 0.1) is 11.4 Å². The van der Waals surface area contributed by atoms with Crippen molar-refractivity contribution in [3.8, 4) is 5.69 Å². The standard InChI is InChI=1S/C20H19N3O3/c1-3-15-9-11-16(12-10-15)18(24)13-26-20(25)19-14(2)21-23(22-19)17-7-5-4-6-8-17/h4-12H,3,13H2,1-2H3. The normalized spacial score (nSPS) is 10.5. The lowest BCUT2D eigenvalue weighted by atomic mass is 10.1. The van der Waals surface area contributed by atoms with Crippen LogP contribution >= 0.6 is 0 Å². The molecule has 0 N–H and O–H groups in total. The smallest absolute Gasteiger partial charge is 0.361 e. The summed E-state index contributed by atoms with van der Waals surface area (Å²) in [5.41, 5.74) is 2.94. The maximum absolute atomic E-state index is 12.3. The number of para-hydroxylation sites is 1. The fourth-order valence-corrected chi connectivity index (χ4v) is 2.45.